The number of para-hydroxylation sites is 1. The van der Waals surface area contributed by atoms with Crippen LogP contribution in [0.4, 0.5) is 0 Å². The number of amides is 1. The maximum absolute atomic E-state index is 12.5. The Kier molecular flexibility index (Phi) is 3.75. The van der Waals surface area contributed by atoms with Gasteiger partial charge >= 0.3 is 0 Å². The quantitative estimate of drug-likeness (QED) is 0.807. The molecule has 1 amide bonds. The highest BCUT2D eigenvalue weighted by Gasteiger charge is 2.22. The summed E-state index contributed by atoms with van der Waals surface area (Å²) in [6, 6.07) is 7.49. The van der Waals surface area contributed by atoms with E-state index in [4.69, 9.17) is 4.42 Å². The highest BCUT2D eigenvalue weighted by atomic mass is 16.3. The van der Waals surface area contributed by atoms with Crippen molar-refractivity contribution in [2.24, 2.45) is 0 Å². The lowest BCUT2D eigenvalue weighted by Gasteiger charge is -2.18. The molecule has 5 heteroatoms. The molecule has 1 saturated heterocycles. The molecule has 0 N–H and O–H groups in total. The summed E-state index contributed by atoms with van der Waals surface area (Å²) in [6.45, 7) is 2.07. The fourth-order valence-electron chi connectivity index (χ4n) is 2.66. The van der Waals surface area contributed by atoms with Gasteiger partial charge in [-0.25, -0.2) is 0 Å². The number of fused-ring (bicyclic) bond motifs is 1. The van der Waals surface area contributed by atoms with Gasteiger partial charge < -0.3 is 9.32 Å². The number of nitrogens with zero attached hydrogens (tertiary/aromatic N) is 2. The van der Waals surface area contributed by atoms with E-state index in [-0.39, 0.29) is 18.2 Å². The van der Waals surface area contributed by atoms with E-state index in [0.29, 0.717) is 17.7 Å². The smallest absolute Gasteiger partial charge is 0.236 e. The number of rotatable bonds is 3. The Morgan fingerprint density at radius 1 is 1.29 bits per heavy atom. The largest absolute Gasteiger partial charge is 0.464 e. The summed E-state index contributed by atoms with van der Waals surface area (Å²) in [7, 11) is 1.80. The lowest BCUT2D eigenvalue weighted by atomic mass is 10.1. The Bertz CT molecular complexity index is 677. The minimum atomic E-state index is -0.00250. The van der Waals surface area contributed by atoms with E-state index >= 15 is 0 Å². The minimum Gasteiger partial charge on any atom is -0.464 e. The summed E-state index contributed by atoms with van der Waals surface area (Å²) in [4.78, 5) is 28.0. The SMILES string of the molecule is CN1CCCN(CC(=O)c2coc3ccccc23)CC1=O. The van der Waals surface area contributed by atoms with Gasteiger partial charge in [0.25, 0.3) is 0 Å². The molecule has 1 aliphatic heterocycles. The molecule has 0 aliphatic carbocycles. The molecule has 0 spiro atoms. The van der Waals surface area contributed by atoms with Gasteiger partial charge in [0.2, 0.25) is 5.91 Å². The number of furan rings is 1. The number of hydrogen-bond donors (Lipinski definition) is 0. The summed E-state index contributed by atoms with van der Waals surface area (Å²) in [6.07, 6.45) is 2.40. The first kappa shape index (κ1) is 13.8. The molecule has 2 aromatic rings. The molecular formula is C16H18N2O3. The van der Waals surface area contributed by atoms with Crippen LogP contribution in [0.15, 0.2) is 34.9 Å². The van der Waals surface area contributed by atoms with Crippen LogP contribution in [0.1, 0.15) is 16.8 Å². The molecule has 21 heavy (non-hydrogen) atoms. The van der Waals surface area contributed by atoms with Gasteiger partial charge in [-0.15, -0.1) is 0 Å². The molecule has 0 atom stereocenters. The average molecular weight is 286 g/mol. The van der Waals surface area contributed by atoms with E-state index in [9.17, 15) is 9.59 Å². The third-order valence-corrected chi connectivity index (χ3v) is 3.90. The zero-order valence-corrected chi connectivity index (χ0v) is 12.0. The molecule has 5 nitrogen and oxygen atoms in total. The molecule has 2 heterocycles. The van der Waals surface area contributed by atoms with Crippen molar-refractivity contribution in [2.45, 2.75) is 6.42 Å². The maximum Gasteiger partial charge on any atom is 0.236 e. The van der Waals surface area contributed by atoms with Gasteiger partial charge in [-0.2, -0.15) is 0 Å². The topological polar surface area (TPSA) is 53.8 Å². The van der Waals surface area contributed by atoms with Crippen LogP contribution in [0.5, 0.6) is 0 Å². The van der Waals surface area contributed by atoms with Crippen molar-refractivity contribution in [2.75, 3.05) is 33.2 Å². The zero-order chi connectivity index (χ0) is 14.8. The third kappa shape index (κ3) is 2.83. The van der Waals surface area contributed by atoms with Crippen LogP contribution in [-0.2, 0) is 4.79 Å². The van der Waals surface area contributed by atoms with Crippen molar-refractivity contribution in [3.63, 3.8) is 0 Å². The number of Topliss-reactive ketones (excluding diaryl/α,β-unsaturated/α-hetero) is 1. The lowest BCUT2D eigenvalue weighted by Crippen LogP contribution is -2.37. The molecule has 1 aromatic heterocycles. The van der Waals surface area contributed by atoms with Gasteiger partial charge in [0, 0.05) is 25.5 Å². The van der Waals surface area contributed by atoms with Crippen molar-refractivity contribution >= 4 is 22.7 Å². The van der Waals surface area contributed by atoms with Crippen molar-refractivity contribution in [1.29, 1.82) is 0 Å². The van der Waals surface area contributed by atoms with Gasteiger partial charge in [0.15, 0.2) is 5.78 Å². The normalized spacial score (nSPS) is 17.2. The molecule has 1 fully saturated rings. The average Bonchev–Trinajstić information content (AvgIpc) is 2.84. The van der Waals surface area contributed by atoms with Gasteiger partial charge in [0.05, 0.1) is 18.7 Å². The highest BCUT2D eigenvalue weighted by molar-refractivity contribution is 6.08. The Hall–Kier alpha value is -2.14. The molecule has 0 saturated carbocycles. The second-order valence-electron chi connectivity index (χ2n) is 5.45. The van der Waals surface area contributed by atoms with Crippen LogP contribution in [0.25, 0.3) is 11.0 Å². The predicted molar refractivity (Wildman–Crippen MR) is 79.2 cm³/mol. The Morgan fingerprint density at radius 3 is 2.95 bits per heavy atom. The number of likely N-dealkylation sites (N-methyl/N-ethyl adjacent to an activating group) is 1. The van der Waals surface area contributed by atoms with Crippen molar-refractivity contribution < 1.29 is 14.0 Å². The molecule has 3 rings (SSSR count). The van der Waals surface area contributed by atoms with Crippen molar-refractivity contribution in [1.82, 2.24) is 9.80 Å². The van der Waals surface area contributed by atoms with Gasteiger partial charge in [-0.3, -0.25) is 14.5 Å². The standard InChI is InChI=1S/C16H18N2O3/c1-17-7-4-8-18(10-16(17)20)9-14(19)13-11-21-15-6-3-2-5-12(13)15/h2-3,5-6,11H,4,7-10H2,1H3. The van der Waals surface area contributed by atoms with Crippen molar-refractivity contribution in [3.05, 3.63) is 36.1 Å². The molecule has 0 bridgehead atoms. The first-order valence-electron chi connectivity index (χ1n) is 7.11. The van der Waals surface area contributed by atoms with E-state index in [0.717, 1.165) is 24.9 Å². The van der Waals surface area contributed by atoms with Crippen LogP contribution in [-0.4, -0.2) is 54.7 Å². The lowest BCUT2D eigenvalue weighted by molar-refractivity contribution is -0.129. The van der Waals surface area contributed by atoms with E-state index in [2.05, 4.69) is 0 Å². The molecule has 0 radical (unpaired) electrons. The summed E-state index contributed by atoms with van der Waals surface area (Å²) >= 11 is 0. The van der Waals surface area contributed by atoms with Gasteiger partial charge in [0.1, 0.15) is 11.8 Å². The highest BCUT2D eigenvalue weighted by Crippen LogP contribution is 2.21. The Labute approximate surface area is 123 Å². The Morgan fingerprint density at radius 2 is 2.10 bits per heavy atom. The van der Waals surface area contributed by atoms with Crippen molar-refractivity contribution in [3.8, 4) is 0 Å². The number of hydrogen-bond acceptors (Lipinski definition) is 4. The Balaban J connectivity index is 1.75. The van der Waals surface area contributed by atoms with E-state index in [1.807, 2.05) is 29.2 Å². The number of carbonyl (C=O) groups excluding carboxylic acids is 2. The first-order chi connectivity index (χ1) is 10.1. The summed E-state index contributed by atoms with van der Waals surface area (Å²) < 4.78 is 5.41. The summed E-state index contributed by atoms with van der Waals surface area (Å²) in [5, 5.41) is 0.834. The van der Waals surface area contributed by atoms with Crippen LogP contribution in [0, 0.1) is 0 Å². The molecule has 0 unspecified atom stereocenters. The second kappa shape index (κ2) is 5.69. The fraction of sp³-hybridized carbons (Fsp3) is 0.375. The first-order valence-corrected chi connectivity index (χ1v) is 7.11. The van der Waals surface area contributed by atoms with E-state index in [1.54, 1.807) is 11.9 Å². The van der Waals surface area contributed by atoms with Crippen LogP contribution in [0.3, 0.4) is 0 Å². The maximum atomic E-state index is 12.5. The molecule has 1 aromatic carbocycles. The van der Waals surface area contributed by atoms with Gasteiger partial charge in [-0.05, 0) is 12.5 Å². The summed E-state index contributed by atoms with van der Waals surface area (Å²) in [5.74, 6) is 0.0645. The molecular weight excluding hydrogens is 268 g/mol. The fourth-order valence-corrected chi connectivity index (χ4v) is 2.66. The number of benzene rings is 1. The predicted octanol–water partition coefficient (Wildman–Crippen LogP) is 1.78. The van der Waals surface area contributed by atoms with Gasteiger partial charge in [-0.1, -0.05) is 18.2 Å². The van der Waals surface area contributed by atoms with E-state index in [1.165, 1.54) is 6.26 Å². The molecule has 1 aliphatic rings. The minimum absolute atomic E-state index is 0.00250. The van der Waals surface area contributed by atoms with Crippen LogP contribution < -0.4 is 0 Å². The van der Waals surface area contributed by atoms with Crippen LogP contribution >= 0.6 is 0 Å². The number of carbonyl (C=O) groups is 2. The summed E-state index contributed by atoms with van der Waals surface area (Å²) in [5.41, 5.74) is 1.31. The number of ketones is 1. The monoisotopic (exact) mass is 286 g/mol. The third-order valence-electron chi connectivity index (χ3n) is 3.90. The second-order valence-corrected chi connectivity index (χ2v) is 5.45. The molecule has 110 valence electrons. The zero-order valence-electron chi connectivity index (χ0n) is 12.0. The van der Waals surface area contributed by atoms with Crippen LogP contribution in [0.2, 0.25) is 0 Å². The van der Waals surface area contributed by atoms with E-state index < -0.39 is 0 Å².